The summed E-state index contributed by atoms with van der Waals surface area (Å²) in [6, 6.07) is 5.15. The van der Waals surface area contributed by atoms with Crippen LogP contribution in [0, 0.1) is 0 Å². The molecule has 1 heterocycles. The Hall–Kier alpha value is -2.29. The molecule has 5 nitrogen and oxygen atoms in total. The van der Waals surface area contributed by atoms with Crippen molar-refractivity contribution in [2.45, 2.75) is 11.1 Å². The van der Waals surface area contributed by atoms with Crippen LogP contribution in [0.5, 0.6) is 0 Å². The number of alkyl halides is 3. The Kier molecular flexibility index (Phi) is 3.77. The molecule has 0 saturated heterocycles. The average molecular weight is 317 g/mol. The Labute approximate surface area is 118 Å². The third-order valence-corrected chi connectivity index (χ3v) is 4.00. The highest BCUT2D eigenvalue weighted by atomic mass is 32.2. The molecule has 2 rings (SSSR count). The molecule has 21 heavy (non-hydrogen) atoms. The van der Waals surface area contributed by atoms with E-state index < -0.39 is 26.7 Å². The van der Waals surface area contributed by atoms with Crippen LogP contribution in [0.15, 0.2) is 47.6 Å². The summed E-state index contributed by atoms with van der Waals surface area (Å²) in [6.07, 6.45) is -2.33. The van der Waals surface area contributed by atoms with Gasteiger partial charge in [0, 0.05) is 6.20 Å². The third-order valence-electron chi connectivity index (χ3n) is 2.58. The van der Waals surface area contributed by atoms with E-state index >= 15 is 0 Å². The molecule has 0 atom stereocenters. The summed E-state index contributed by atoms with van der Waals surface area (Å²) in [6.45, 7) is 0. The molecule has 0 spiro atoms. The first-order valence-corrected chi connectivity index (χ1v) is 7.08. The second-order valence-corrected chi connectivity index (χ2v) is 5.71. The van der Waals surface area contributed by atoms with Crippen molar-refractivity contribution >= 4 is 21.4 Å². The largest absolute Gasteiger partial charge is 0.417 e. The van der Waals surface area contributed by atoms with Gasteiger partial charge >= 0.3 is 6.18 Å². The molecule has 0 bridgehead atoms. The maximum absolute atomic E-state index is 12.9. The minimum atomic E-state index is -4.78. The number of nitrogens with one attached hydrogen (secondary N) is 1. The van der Waals surface area contributed by atoms with Gasteiger partial charge in [-0.1, -0.05) is 12.1 Å². The van der Waals surface area contributed by atoms with Crippen LogP contribution in [0.3, 0.4) is 0 Å². The topological polar surface area (TPSA) is 85.1 Å². The standard InChI is InChI=1S/C12H10F3N3O2S/c13-12(14,15)8-3-1-2-4-11(8)21(19,20)18-10-5-6-17-7-9(10)16/h1-7H,16H2,(H,17,18). The Bertz CT molecular complexity index is 760. The van der Waals surface area contributed by atoms with Crippen LogP contribution in [0.2, 0.25) is 0 Å². The molecule has 112 valence electrons. The predicted molar refractivity (Wildman–Crippen MR) is 70.9 cm³/mol. The van der Waals surface area contributed by atoms with E-state index in [1.807, 2.05) is 4.72 Å². The number of anilines is 2. The lowest BCUT2D eigenvalue weighted by atomic mass is 10.2. The highest BCUT2D eigenvalue weighted by Gasteiger charge is 2.36. The van der Waals surface area contributed by atoms with Crippen LogP contribution >= 0.6 is 0 Å². The first kappa shape index (κ1) is 15.1. The summed E-state index contributed by atoms with van der Waals surface area (Å²) in [4.78, 5) is 2.80. The van der Waals surface area contributed by atoms with Gasteiger partial charge in [0.2, 0.25) is 0 Å². The van der Waals surface area contributed by atoms with Gasteiger partial charge in [0.25, 0.3) is 10.0 Å². The van der Waals surface area contributed by atoms with Gasteiger partial charge in [-0.25, -0.2) is 8.42 Å². The van der Waals surface area contributed by atoms with E-state index in [1.165, 1.54) is 24.5 Å². The SMILES string of the molecule is Nc1cnccc1NS(=O)(=O)c1ccccc1C(F)(F)F. The minimum absolute atomic E-state index is 0.00515. The van der Waals surface area contributed by atoms with E-state index in [9.17, 15) is 21.6 Å². The molecule has 0 unspecified atom stereocenters. The molecule has 0 aliphatic heterocycles. The third kappa shape index (κ3) is 3.24. The molecule has 0 saturated carbocycles. The number of rotatable bonds is 3. The van der Waals surface area contributed by atoms with Gasteiger partial charge in [-0.15, -0.1) is 0 Å². The lowest BCUT2D eigenvalue weighted by Gasteiger charge is -2.14. The Morgan fingerprint density at radius 3 is 2.43 bits per heavy atom. The van der Waals surface area contributed by atoms with E-state index in [1.54, 1.807) is 0 Å². The number of benzene rings is 1. The maximum atomic E-state index is 12.9. The van der Waals surface area contributed by atoms with Gasteiger partial charge in [-0.05, 0) is 18.2 Å². The quantitative estimate of drug-likeness (QED) is 0.911. The van der Waals surface area contributed by atoms with Gasteiger partial charge < -0.3 is 5.73 Å². The molecular weight excluding hydrogens is 307 g/mol. The highest BCUT2D eigenvalue weighted by Crippen LogP contribution is 2.34. The predicted octanol–water partition coefficient (Wildman–Crippen LogP) is 2.48. The zero-order valence-corrected chi connectivity index (χ0v) is 11.2. The van der Waals surface area contributed by atoms with Crippen molar-refractivity contribution in [3.63, 3.8) is 0 Å². The molecular formula is C12H10F3N3O2S. The van der Waals surface area contributed by atoms with Gasteiger partial charge in [-0.2, -0.15) is 13.2 Å². The fourth-order valence-electron chi connectivity index (χ4n) is 1.63. The maximum Gasteiger partial charge on any atom is 0.417 e. The van der Waals surface area contributed by atoms with Crippen LogP contribution < -0.4 is 10.5 Å². The second-order valence-electron chi connectivity index (χ2n) is 4.06. The Balaban J connectivity index is 2.49. The number of nitrogens with two attached hydrogens (primary N) is 1. The normalized spacial score (nSPS) is 12.1. The van der Waals surface area contributed by atoms with Crippen molar-refractivity contribution in [1.29, 1.82) is 0 Å². The van der Waals surface area contributed by atoms with Crippen molar-refractivity contribution < 1.29 is 21.6 Å². The number of aromatic nitrogens is 1. The molecule has 1 aromatic carbocycles. The number of pyridine rings is 1. The molecule has 9 heteroatoms. The second kappa shape index (κ2) is 5.24. The molecule has 0 fully saturated rings. The van der Waals surface area contributed by atoms with Crippen LogP contribution in [-0.2, 0) is 16.2 Å². The van der Waals surface area contributed by atoms with Crippen molar-refractivity contribution in [1.82, 2.24) is 4.98 Å². The summed E-state index contributed by atoms with van der Waals surface area (Å²) < 4.78 is 64.9. The molecule has 3 N–H and O–H groups in total. The van der Waals surface area contributed by atoms with Crippen molar-refractivity contribution in [3.05, 3.63) is 48.3 Å². The first-order valence-electron chi connectivity index (χ1n) is 5.60. The van der Waals surface area contributed by atoms with Crippen LogP contribution in [0.25, 0.3) is 0 Å². The van der Waals surface area contributed by atoms with Gasteiger partial charge in [0.05, 0.1) is 28.0 Å². The van der Waals surface area contributed by atoms with Crippen LogP contribution in [-0.4, -0.2) is 13.4 Å². The zero-order valence-electron chi connectivity index (χ0n) is 10.4. The molecule has 1 aromatic heterocycles. The molecule has 0 amide bonds. The van der Waals surface area contributed by atoms with Gasteiger partial charge in [0.15, 0.2) is 0 Å². The zero-order chi connectivity index (χ0) is 15.7. The van der Waals surface area contributed by atoms with Crippen LogP contribution in [0.4, 0.5) is 24.5 Å². The van der Waals surface area contributed by atoms with E-state index in [0.717, 1.165) is 12.1 Å². The lowest BCUT2D eigenvalue weighted by Crippen LogP contribution is -2.19. The number of nitrogen functional groups attached to an aromatic ring is 1. The number of sulfonamides is 1. The van der Waals surface area contributed by atoms with Crippen molar-refractivity contribution in [2.24, 2.45) is 0 Å². The summed E-state index contributed by atoms with van der Waals surface area (Å²) >= 11 is 0. The monoisotopic (exact) mass is 317 g/mol. The summed E-state index contributed by atoms with van der Waals surface area (Å²) in [5, 5.41) is 0. The summed E-state index contributed by atoms with van der Waals surface area (Å²) in [7, 11) is -4.43. The van der Waals surface area contributed by atoms with E-state index in [4.69, 9.17) is 5.73 Å². The van der Waals surface area contributed by atoms with Crippen LogP contribution in [0.1, 0.15) is 5.56 Å². The molecule has 0 aliphatic rings. The lowest BCUT2D eigenvalue weighted by molar-refractivity contribution is -0.139. The molecule has 0 aliphatic carbocycles. The van der Waals surface area contributed by atoms with Crippen molar-refractivity contribution in [2.75, 3.05) is 10.5 Å². The van der Waals surface area contributed by atoms with E-state index in [0.29, 0.717) is 6.07 Å². The number of hydrogen-bond donors (Lipinski definition) is 2. The minimum Gasteiger partial charge on any atom is -0.396 e. The molecule has 2 aromatic rings. The van der Waals surface area contributed by atoms with Gasteiger partial charge in [0.1, 0.15) is 0 Å². The summed E-state index contributed by atoms with van der Waals surface area (Å²) in [5.41, 5.74) is 4.24. The number of nitrogens with zero attached hydrogens (tertiary/aromatic N) is 1. The molecule has 0 radical (unpaired) electrons. The fraction of sp³-hybridized carbons (Fsp3) is 0.0833. The average Bonchev–Trinajstić information content (AvgIpc) is 2.40. The smallest absolute Gasteiger partial charge is 0.396 e. The summed E-state index contributed by atoms with van der Waals surface area (Å²) in [5.74, 6) is 0. The van der Waals surface area contributed by atoms with Gasteiger partial charge in [-0.3, -0.25) is 9.71 Å². The van der Waals surface area contributed by atoms with E-state index in [-0.39, 0.29) is 11.4 Å². The Morgan fingerprint density at radius 2 is 1.81 bits per heavy atom. The highest BCUT2D eigenvalue weighted by molar-refractivity contribution is 7.92. The Morgan fingerprint density at radius 1 is 1.14 bits per heavy atom. The fourth-order valence-corrected chi connectivity index (χ4v) is 2.95. The number of halogens is 3. The first-order chi connectivity index (χ1) is 9.72. The van der Waals surface area contributed by atoms with E-state index in [2.05, 4.69) is 4.98 Å². The number of hydrogen-bond acceptors (Lipinski definition) is 4. The van der Waals surface area contributed by atoms with Crippen molar-refractivity contribution in [3.8, 4) is 0 Å².